The van der Waals surface area contributed by atoms with E-state index < -0.39 is 10.0 Å². The fraction of sp³-hybridized carbons (Fsp3) is 0.478. The first-order valence-electron chi connectivity index (χ1n) is 10.4. The highest BCUT2D eigenvalue weighted by molar-refractivity contribution is 7.89. The van der Waals surface area contributed by atoms with Gasteiger partial charge in [0.15, 0.2) is 11.5 Å². The van der Waals surface area contributed by atoms with Gasteiger partial charge in [0.25, 0.3) is 0 Å². The Labute approximate surface area is 180 Å². The predicted octanol–water partition coefficient (Wildman–Crippen LogP) is 3.63. The Kier molecular flexibility index (Phi) is 7.06. The lowest BCUT2D eigenvalue weighted by atomic mass is 9.84. The van der Waals surface area contributed by atoms with E-state index in [0.717, 1.165) is 25.1 Å². The Balaban J connectivity index is 2.07. The number of fused-ring (bicyclic) bond motifs is 1. The highest BCUT2D eigenvalue weighted by Crippen LogP contribution is 2.41. The summed E-state index contributed by atoms with van der Waals surface area (Å²) in [5, 5.41) is 0. The van der Waals surface area contributed by atoms with Gasteiger partial charge in [-0.1, -0.05) is 39.0 Å². The molecule has 0 spiro atoms. The maximum atomic E-state index is 13.1. The molecule has 1 aliphatic rings. The van der Waals surface area contributed by atoms with Crippen LogP contribution in [-0.4, -0.2) is 46.7 Å². The minimum absolute atomic E-state index is 0.0848. The molecule has 1 heterocycles. The number of nitrogens with one attached hydrogen (secondary N) is 1. The molecule has 0 amide bonds. The van der Waals surface area contributed by atoms with Crippen molar-refractivity contribution in [3.63, 3.8) is 0 Å². The molecule has 0 aromatic heterocycles. The van der Waals surface area contributed by atoms with Crippen molar-refractivity contribution in [3.8, 4) is 11.5 Å². The van der Waals surface area contributed by atoms with Gasteiger partial charge in [0.1, 0.15) is 0 Å². The minimum atomic E-state index is -3.65. The standard InChI is InChI=1S/C23H32N2O4S/c1-6-25-13-12-17-14-20(28-4)21(29-5)15-19(17)23(25)22(16(2)3)24-30(26,27)18-10-8-7-9-11-18/h7-11,14-16,22-24H,6,12-13H2,1-5H3/t22-,23+/m0/s1. The SMILES string of the molecule is CCN1CCc2cc(OC)c(OC)cc2[C@@H]1[C@@H](NS(=O)(=O)c1ccccc1)C(C)C. The maximum Gasteiger partial charge on any atom is 0.240 e. The molecule has 3 rings (SSSR count). The zero-order valence-corrected chi connectivity index (χ0v) is 19.2. The van der Waals surface area contributed by atoms with Crippen LogP contribution >= 0.6 is 0 Å². The largest absolute Gasteiger partial charge is 0.493 e. The van der Waals surface area contributed by atoms with E-state index in [1.165, 1.54) is 5.56 Å². The Morgan fingerprint density at radius 2 is 1.73 bits per heavy atom. The van der Waals surface area contributed by atoms with Crippen molar-refractivity contribution in [3.05, 3.63) is 53.6 Å². The molecule has 0 unspecified atom stereocenters. The van der Waals surface area contributed by atoms with Crippen LogP contribution in [0.25, 0.3) is 0 Å². The van der Waals surface area contributed by atoms with Crippen LogP contribution < -0.4 is 14.2 Å². The summed E-state index contributed by atoms with van der Waals surface area (Å²) in [5.74, 6) is 1.44. The molecule has 2 aromatic carbocycles. The molecule has 6 nitrogen and oxygen atoms in total. The Morgan fingerprint density at radius 3 is 2.30 bits per heavy atom. The van der Waals surface area contributed by atoms with Crippen LogP contribution in [0.3, 0.4) is 0 Å². The summed E-state index contributed by atoms with van der Waals surface area (Å²) in [6, 6.07) is 12.2. The number of hydrogen-bond donors (Lipinski definition) is 1. The van der Waals surface area contributed by atoms with Crippen LogP contribution in [-0.2, 0) is 16.4 Å². The first-order chi connectivity index (χ1) is 14.3. The molecule has 2 atom stereocenters. The summed E-state index contributed by atoms with van der Waals surface area (Å²) >= 11 is 0. The minimum Gasteiger partial charge on any atom is -0.493 e. The second kappa shape index (κ2) is 9.37. The second-order valence-electron chi connectivity index (χ2n) is 7.93. The number of likely N-dealkylation sites (N-methyl/N-ethyl adjacent to an activating group) is 1. The smallest absolute Gasteiger partial charge is 0.240 e. The summed E-state index contributed by atoms with van der Waals surface area (Å²) in [5.41, 5.74) is 2.27. The van der Waals surface area contributed by atoms with Gasteiger partial charge in [0, 0.05) is 12.6 Å². The van der Waals surface area contributed by atoms with Gasteiger partial charge in [-0.2, -0.15) is 0 Å². The van der Waals surface area contributed by atoms with Crippen LogP contribution in [0.15, 0.2) is 47.4 Å². The molecule has 1 N–H and O–H groups in total. The van der Waals surface area contributed by atoms with Crippen LogP contribution in [0.4, 0.5) is 0 Å². The maximum absolute atomic E-state index is 13.1. The summed E-state index contributed by atoms with van der Waals surface area (Å²) in [6.45, 7) is 7.92. The van der Waals surface area contributed by atoms with Crippen molar-refractivity contribution in [2.24, 2.45) is 5.92 Å². The third-order valence-electron chi connectivity index (χ3n) is 5.84. The van der Waals surface area contributed by atoms with Crippen molar-refractivity contribution in [1.29, 1.82) is 0 Å². The first kappa shape index (κ1) is 22.6. The van der Waals surface area contributed by atoms with E-state index in [2.05, 4.69) is 30.4 Å². The molecule has 0 radical (unpaired) electrons. The molecule has 7 heteroatoms. The van der Waals surface area contributed by atoms with Crippen molar-refractivity contribution in [2.75, 3.05) is 27.3 Å². The molecule has 0 saturated heterocycles. The fourth-order valence-electron chi connectivity index (χ4n) is 4.22. The summed E-state index contributed by atoms with van der Waals surface area (Å²) in [6.07, 6.45) is 0.885. The number of ether oxygens (including phenoxy) is 2. The molecule has 1 aliphatic heterocycles. The lowest BCUT2D eigenvalue weighted by Gasteiger charge is -2.43. The molecular formula is C23H32N2O4S. The molecule has 0 bridgehead atoms. The Bertz CT molecular complexity index is 961. The molecular weight excluding hydrogens is 400 g/mol. The summed E-state index contributed by atoms with van der Waals surface area (Å²) < 4.78 is 40.3. The lowest BCUT2D eigenvalue weighted by Crippen LogP contribution is -2.51. The highest BCUT2D eigenvalue weighted by atomic mass is 32.2. The fourth-order valence-corrected chi connectivity index (χ4v) is 5.63. The molecule has 0 aliphatic carbocycles. The molecule has 0 fully saturated rings. The quantitative estimate of drug-likeness (QED) is 0.690. The third kappa shape index (κ3) is 4.48. The molecule has 0 saturated carbocycles. The predicted molar refractivity (Wildman–Crippen MR) is 119 cm³/mol. The monoisotopic (exact) mass is 432 g/mol. The van der Waals surface area contributed by atoms with Crippen molar-refractivity contribution in [2.45, 2.75) is 44.2 Å². The van der Waals surface area contributed by atoms with E-state index in [-0.39, 0.29) is 22.9 Å². The number of hydrogen-bond acceptors (Lipinski definition) is 5. The van der Waals surface area contributed by atoms with Gasteiger partial charge in [0.2, 0.25) is 10.0 Å². The number of rotatable bonds is 8. The van der Waals surface area contributed by atoms with E-state index in [9.17, 15) is 8.42 Å². The number of nitrogens with zero attached hydrogens (tertiary/aromatic N) is 1. The average Bonchev–Trinajstić information content (AvgIpc) is 2.76. The topological polar surface area (TPSA) is 67.9 Å². The van der Waals surface area contributed by atoms with E-state index in [4.69, 9.17) is 9.47 Å². The third-order valence-corrected chi connectivity index (χ3v) is 7.31. The lowest BCUT2D eigenvalue weighted by molar-refractivity contribution is 0.141. The van der Waals surface area contributed by atoms with Crippen LogP contribution in [0.5, 0.6) is 11.5 Å². The Hall–Kier alpha value is -2.09. The van der Waals surface area contributed by atoms with Crippen molar-refractivity contribution >= 4 is 10.0 Å². The zero-order valence-electron chi connectivity index (χ0n) is 18.4. The Morgan fingerprint density at radius 1 is 1.10 bits per heavy atom. The first-order valence-corrected chi connectivity index (χ1v) is 11.9. The number of benzene rings is 2. The van der Waals surface area contributed by atoms with Gasteiger partial charge in [0.05, 0.1) is 25.2 Å². The normalized spacial score (nSPS) is 18.1. The second-order valence-corrected chi connectivity index (χ2v) is 9.65. The van der Waals surface area contributed by atoms with Crippen LogP contribution in [0, 0.1) is 5.92 Å². The molecule has 30 heavy (non-hydrogen) atoms. The van der Waals surface area contributed by atoms with Gasteiger partial charge in [-0.15, -0.1) is 0 Å². The molecule has 164 valence electrons. The van der Waals surface area contributed by atoms with Gasteiger partial charge in [-0.05, 0) is 54.3 Å². The number of sulfonamides is 1. The number of methoxy groups -OCH3 is 2. The molecule has 2 aromatic rings. The van der Waals surface area contributed by atoms with Crippen molar-refractivity contribution in [1.82, 2.24) is 9.62 Å². The average molecular weight is 433 g/mol. The van der Waals surface area contributed by atoms with E-state index in [1.54, 1.807) is 38.5 Å². The highest BCUT2D eigenvalue weighted by Gasteiger charge is 2.38. The van der Waals surface area contributed by atoms with Gasteiger partial charge in [-0.3, -0.25) is 4.90 Å². The van der Waals surface area contributed by atoms with E-state index in [0.29, 0.717) is 11.5 Å². The van der Waals surface area contributed by atoms with Gasteiger partial charge < -0.3 is 9.47 Å². The van der Waals surface area contributed by atoms with Gasteiger partial charge >= 0.3 is 0 Å². The summed E-state index contributed by atoms with van der Waals surface area (Å²) in [7, 11) is -0.394. The van der Waals surface area contributed by atoms with E-state index in [1.807, 2.05) is 18.2 Å². The van der Waals surface area contributed by atoms with E-state index >= 15 is 0 Å². The van der Waals surface area contributed by atoms with Crippen LogP contribution in [0.1, 0.15) is 37.9 Å². The zero-order chi connectivity index (χ0) is 21.9. The van der Waals surface area contributed by atoms with Crippen LogP contribution in [0.2, 0.25) is 0 Å². The summed E-state index contributed by atoms with van der Waals surface area (Å²) in [4.78, 5) is 2.62. The van der Waals surface area contributed by atoms with Crippen molar-refractivity contribution < 1.29 is 17.9 Å². The van der Waals surface area contributed by atoms with Gasteiger partial charge in [-0.25, -0.2) is 13.1 Å².